The highest BCUT2D eigenvalue weighted by atomic mass is 16.3. The Morgan fingerprint density at radius 3 is 2.79 bits per heavy atom. The minimum absolute atomic E-state index is 0.0797. The van der Waals surface area contributed by atoms with Gasteiger partial charge in [0.1, 0.15) is 0 Å². The van der Waals surface area contributed by atoms with Crippen LogP contribution in [0.2, 0.25) is 0 Å². The summed E-state index contributed by atoms with van der Waals surface area (Å²) >= 11 is 0. The molecule has 0 radical (unpaired) electrons. The van der Waals surface area contributed by atoms with Gasteiger partial charge in [0.05, 0.1) is 6.04 Å². The number of benzene rings is 1. The third-order valence-electron chi connectivity index (χ3n) is 4.82. The topological polar surface area (TPSA) is 72.9 Å². The van der Waals surface area contributed by atoms with E-state index < -0.39 is 0 Å². The summed E-state index contributed by atoms with van der Waals surface area (Å²) in [5.41, 5.74) is 1.10. The van der Waals surface area contributed by atoms with Crippen molar-refractivity contribution in [3.8, 4) is 0 Å². The fraction of sp³-hybridized carbons (Fsp3) is 0.556. The lowest BCUT2D eigenvalue weighted by Gasteiger charge is -2.32. The Kier molecular flexibility index (Phi) is 5.35. The summed E-state index contributed by atoms with van der Waals surface area (Å²) in [6.07, 6.45) is 2.24. The first-order valence-corrected chi connectivity index (χ1v) is 8.63. The Hall–Kier alpha value is -2.08. The lowest BCUT2D eigenvalue weighted by atomic mass is 9.99. The van der Waals surface area contributed by atoms with Gasteiger partial charge in [-0.1, -0.05) is 30.3 Å². The second-order valence-corrected chi connectivity index (χ2v) is 6.75. The quantitative estimate of drug-likeness (QED) is 0.871. The van der Waals surface area contributed by atoms with Crippen molar-refractivity contribution in [3.05, 3.63) is 35.9 Å². The summed E-state index contributed by atoms with van der Waals surface area (Å²) < 4.78 is 0. The third-order valence-corrected chi connectivity index (χ3v) is 4.82. The molecule has 6 nitrogen and oxygen atoms in total. The van der Waals surface area contributed by atoms with Crippen LogP contribution in [0, 0.1) is 5.92 Å². The smallest absolute Gasteiger partial charge is 0.317 e. The standard InChI is InChI=1S/C18H25N3O3/c22-13-15-7-4-8-20(11-15)18(24)19-16-9-17(23)21(12-16)10-14-5-2-1-3-6-14/h1-3,5-6,15-16,22H,4,7-13H2,(H,19,24)/t15-,16-/m0/s1. The molecule has 0 bridgehead atoms. The first-order valence-electron chi connectivity index (χ1n) is 8.63. The molecule has 2 saturated heterocycles. The molecule has 1 aromatic carbocycles. The van der Waals surface area contributed by atoms with E-state index in [2.05, 4.69) is 5.32 Å². The van der Waals surface area contributed by atoms with Crippen LogP contribution in [-0.2, 0) is 11.3 Å². The fourth-order valence-electron chi connectivity index (χ4n) is 3.49. The molecule has 2 aliphatic rings. The van der Waals surface area contributed by atoms with E-state index in [1.165, 1.54) is 0 Å². The number of hydrogen-bond acceptors (Lipinski definition) is 3. The van der Waals surface area contributed by atoms with Crippen molar-refractivity contribution in [2.45, 2.75) is 31.8 Å². The molecule has 24 heavy (non-hydrogen) atoms. The van der Waals surface area contributed by atoms with Gasteiger partial charge in [-0.15, -0.1) is 0 Å². The predicted octanol–water partition coefficient (Wildman–Crippen LogP) is 1.20. The van der Waals surface area contributed by atoms with Gasteiger partial charge in [0, 0.05) is 39.2 Å². The lowest BCUT2D eigenvalue weighted by Crippen LogP contribution is -2.49. The molecule has 0 aliphatic carbocycles. The van der Waals surface area contributed by atoms with Crippen LogP contribution < -0.4 is 5.32 Å². The summed E-state index contributed by atoms with van der Waals surface area (Å²) in [5, 5.41) is 12.3. The van der Waals surface area contributed by atoms with Crippen LogP contribution in [0.4, 0.5) is 4.79 Å². The molecule has 3 amide bonds. The second-order valence-electron chi connectivity index (χ2n) is 6.75. The van der Waals surface area contributed by atoms with Gasteiger partial charge in [0.2, 0.25) is 5.91 Å². The number of nitrogens with one attached hydrogen (secondary N) is 1. The molecule has 0 saturated carbocycles. The molecule has 2 fully saturated rings. The molecule has 0 aromatic heterocycles. The highest BCUT2D eigenvalue weighted by Gasteiger charge is 2.32. The molecular weight excluding hydrogens is 306 g/mol. The zero-order valence-corrected chi connectivity index (χ0v) is 13.9. The number of piperidine rings is 1. The van der Waals surface area contributed by atoms with Gasteiger partial charge in [0.15, 0.2) is 0 Å². The maximum absolute atomic E-state index is 12.4. The molecule has 2 N–H and O–H groups in total. The van der Waals surface area contributed by atoms with E-state index in [1.54, 1.807) is 9.80 Å². The summed E-state index contributed by atoms with van der Waals surface area (Å²) in [6, 6.07) is 9.63. The number of aliphatic hydroxyl groups excluding tert-OH is 1. The Morgan fingerprint density at radius 1 is 1.25 bits per heavy atom. The van der Waals surface area contributed by atoms with Crippen LogP contribution in [0.5, 0.6) is 0 Å². The van der Waals surface area contributed by atoms with Crippen LogP contribution in [0.15, 0.2) is 30.3 Å². The highest BCUT2D eigenvalue weighted by molar-refractivity contribution is 5.81. The number of likely N-dealkylation sites (tertiary alicyclic amines) is 2. The summed E-state index contributed by atoms with van der Waals surface area (Å²) in [7, 11) is 0. The molecule has 6 heteroatoms. The third kappa shape index (κ3) is 4.06. The molecule has 3 rings (SSSR count). The first-order chi connectivity index (χ1) is 11.7. The molecule has 0 unspecified atom stereocenters. The van der Waals surface area contributed by atoms with Crippen molar-refractivity contribution >= 4 is 11.9 Å². The van der Waals surface area contributed by atoms with E-state index in [1.807, 2.05) is 30.3 Å². The number of aliphatic hydroxyl groups is 1. The van der Waals surface area contributed by atoms with E-state index in [4.69, 9.17) is 0 Å². The Balaban J connectivity index is 1.51. The van der Waals surface area contributed by atoms with Crippen molar-refractivity contribution in [1.29, 1.82) is 0 Å². The fourth-order valence-corrected chi connectivity index (χ4v) is 3.49. The molecule has 1 aromatic rings. The number of rotatable bonds is 4. The van der Waals surface area contributed by atoms with Crippen LogP contribution in [0.3, 0.4) is 0 Å². The first kappa shape index (κ1) is 16.8. The number of nitrogens with zero attached hydrogens (tertiary/aromatic N) is 2. The van der Waals surface area contributed by atoms with Crippen LogP contribution >= 0.6 is 0 Å². The van der Waals surface area contributed by atoms with Crippen molar-refractivity contribution in [2.75, 3.05) is 26.2 Å². The molecular formula is C18H25N3O3. The highest BCUT2D eigenvalue weighted by Crippen LogP contribution is 2.18. The van der Waals surface area contributed by atoms with Crippen molar-refractivity contribution in [3.63, 3.8) is 0 Å². The van der Waals surface area contributed by atoms with Gasteiger partial charge in [-0.3, -0.25) is 4.79 Å². The molecule has 2 heterocycles. The van der Waals surface area contributed by atoms with Crippen LogP contribution in [0.1, 0.15) is 24.8 Å². The van der Waals surface area contributed by atoms with E-state index in [0.29, 0.717) is 26.1 Å². The van der Waals surface area contributed by atoms with Gasteiger partial charge in [-0.05, 0) is 24.3 Å². The van der Waals surface area contributed by atoms with E-state index in [0.717, 1.165) is 24.9 Å². The zero-order chi connectivity index (χ0) is 16.9. The Labute approximate surface area is 142 Å². The van der Waals surface area contributed by atoms with E-state index >= 15 is 0 Å². The maximum atomic E-state index is 12.4. The minimum atomic E-state index is -0.136. The van der Waals surface area contributed by atoms with Crippen LogP contribution in [0.25, 0.3) is 0 Å². The van der Waals surface area contributed by atoms with E-state index in [9.17, 15) is 14.7 Å². The number of hydrogen-bond donors (Lipinski definition) is 2. The van der Waals surface area contributed by atoms with Gasteiger partial charge in [-0.2, -0.15) is 0 Å². The average molecular weight is 331 g/mol. The molecule has 0 spiro atoms. The largest absolute Gasteiger partial charge is 0.396 e. The SMILES string of the molecule is O=C1C[C@H](NC(=O)N2CCC[C@H](CO)C2)CN1Cc1ccccc1. The Bertz CT molecular complexity index is 578. The summed E-state index contributed by atoms with van der Waals surface area (Å²) in [5.74, 6) is 0.250. The Morgan fingerprint density at radius 2 is 2.04 bits per heavy atom. The van der Waals surface area contributed by atoms with Gasteiger partial charge in [-0.25, -0.2) is 4.79 Å². The molecule has 130 valence electrons. The van der Waals surface area contributed by atoms with E-state index in [-0.39, 0.29) is 30.5 Å². The molecule has 2 aliphatic heterocycles. The minimum Gasteiger partial charge on any atom is -0.396 e. The summed E-state index contributed by atoms with van der Waals surface area (Å²) in [4.78, 5) is 28.1. The maximum Gasteiger partial charge on any atom is 0.317 e. The zero-order valence-electron chi connectivity index (χ0n) is 13.9. The van der Waals surface area contributed by atoms with Crippen molar-refractivity contribution in [1.82, 2.24) is 15.1 Å². The normalized spacial score (nSPS) is 24.3. The van der Waals surface area contributed by atoms with Gasteiger partial charge >= 0.3 is 6.03 Å². The monoisotopic (exact) mass is 331 g/mol. The second kappa shape index (κ2) is 7.66. The van der Waals surface area contributed by atoms with Crippen molar-refractivity contribution < 1.29 is 14.7 Å². The average Bonchev–Trinajstić information content (AvgIpc) is 2.95. The van der Waals surface area contributed by atoms with Gasteiger partial charge < -0.3 is 20.2 Å². The number of urea groups is 1. The lowest BCUT2D eigenvalue weighted by molar-refractivity contribution is -0.128. The predicted molar refractivity (Wildman–Crippen MR) is 90.2 cm³/mol. The number of carbonyl (C=O) groups is 2. The van der Waals surface area contributed by atoms with Crippen LogP contribution in [-0.4, -0.2) is 59.1 Å². The van der Waals surface area contributed by atoms with Crippen molar-refractivity contribution in [2.24, 2.45) is 5.92 Å². The number of amides is 3. The molecule has 2 atom stereocenters. The number of carbonyl (C=O) groups excluding carboxylic acids is 2. The van der Waals surface area contributed by atoms with Gasteiger partial charge in [0.25, 0.3) is 0 Å². The summed E-state index contributed by atoms with van der Waals surface area (Å²) in [6.45, 7) is 2.57.